The molecular weight excluding hydrogens is 336 g/mol. The predicted octanol–water partition coefficient (Wildman–Crippen LogP) is 4.75. The van der Waals surface area contributed by atoms with Gasteiger partial charge in [0.1, 0.15) is 10.9 Å². The zero-order chi connectivity index (χ0) is 18.0. The minimum atomic E-state index is -4.67. The second-order valence-electron chi connectivity index (χ2n) is 5.82. The lowest BCUT2D eigenvalue weighted by Crippen LogP contribution is -2.20. The van der Waals surface area contributed by atoms with Crippen molar-refractivity contribution in [3.05, 3.63) is 23.0 Å². The van der Waals surface area contributed by atoms with E-state index in [1.54, 1.807) is 20.8 Å². The molecule has 0 heterocycles. The smallest absolute Gasteiger partial charge is 0.426 e. The largest absolute Gasteiger partial charge is 0.441 e. The summed E-state index contributed by atoms with van der Waals surface area (Å²) < 4.78 is 55.9. The van der Waals surface area contributed by atoms with Gasteiger partial charge >= 0.3 is 12.1 Å². The first kappa shape index (κ1) is 19.6. The van der Waals surface area contributed by atoms with Gasteiger partial charge in [-0.3, -0.25) is 4.79 Å². The fourth-order valence-corrected chi connectivity index (χ4v) is 2.49. The maximum atomic E-state index is 13.6. The van der Waals surface area contributed by atoms with Crippen LogP contribution in [-0.4, -0.2) is 18.2 Å². The average molecular weight is 353 g/mol. The maximum absolute atomic E-state index is 13.6. The number of hydrogen-bond donors (Lipinski definition) is 0. The molecule has 0 aliphatic heterocycles. The third kappa shape index (κ3) is 4.51. The van der Waals surface area contributed by atoms with Crippen LogP contribution >= 0.6 is 11.6 Å². The lowest BCUT2D eigenvalue weighted by molar-refractivity contribution is -0.148. The van der Waals surface area contributed by atoms with Crippen LogP contribution in [0.5, 0.6) is 0 Å². The van der Waals surface area contributed by atoms with Crippen molar-refractivity contribution in [1.29, 1.82) is 0 Å². The number of terminal acetylenes is 1. The molecule has 128 valence electrons. The summed E-state index contributed by atoms with van der Waals surface area (Å²) in [7, 11) is 0. The molecule has 23 heavy (non-hydrogen) atoms. The standard InChI is InChI=1S/C16H17ClF4O2/c1-5-7-10(18)11(6-2)23-14(22)13-9(15(13,3)4)8-12(17)16(19,20)21/h2,7-9,11,13H,5H2,1,3-4H3. The Labute approximate surface area is 137 Å². The van der Waals surface area contributed by atoms with Gasteiger partial charge in [-0.1, -0.05) is 44.4 Å². The van der Waals surface area contributed by atoms with Crippen molar-refractivity contribution in [3.8, 4) is 12.3 Å². The molecule has 1 aliphatic rings. The zero-order valence-corrected chi connectivity index (χ0v) is 13.6. The first-order chi connectivity index (χ1) is 10.5. The second-order valence-corrected chi connectivity index (χ2v) is 6.23. The van der Waals surface area contributed by atoms with E-state index in [0.29, 0.717) is 6.42 Å². The van der Waals surface area contributed by atoms with Crippen molar-refractivity contribution in [2.45, 2.75) is 39.5 Å². The Morgan fingerprint density at radius 2 is 2.04 bits per heavy atom. The normalized spacial score (nSPS) is 25.5. The molecule has 0 aromatic heterocycles. The van der Waals surface area contributed by atoms with Crippen LogP contribution < -0.4 is 0 Å². The van der Waals surface area contributed by atoms with Gasteiger partial charge in [0.05, 0.1) is 5.92 Å². The molecule has 1 fully saturated rings. The molecule has 0 spiro atoms. The lowest BCUT2D eigenvalue weighted by Gasteiger charge is -2.11. The number of hydrogen-bond acceptors (Lipinski definition) is 2. The molecule has 3 unspecified atom stereocenters. The molecule has 1 aliphatic carbocycles. The van der Waals surface area contributed by atoms with Crippen LogP contribution in [-0.2, 0) is 9.53 Å². The van der Waals surface area contributed by atoms with E-state index in [2.05, 4.69) is 0 Å². The molecule has 7 heteroatoms. The second kappa shape index (κ2) is 6.96. The van der Waals surface area contributed by atoms with Crippen molar-refractivity contribution in [2.24, 2.45) is 17.3 Å². The molecule has 1 rings (SSSR count). The van der Waals surface area contributed by atoms with Crippen LogP contribution in [0.4, 0.5) is 17.6 Å². The first-order valence-electron chi connectivity index (χ1n) is 6.93. The van der Waals surface area contributed by atoms with E-state index in [-0.39, 0.29) is 0 Å². The molecule has 2 nitrogen and oxygen atoms in total. The Hall–Kier alpha value is -1.48. The Kier molecular flexibility index (Phi) is 5.92. The van der Waals surface area contributed by atoms with E-state index in [9.17, 15) is 22.4 Å². The molecule has 0 N–H and O–H groups in total. The molecule has 0 amide bonds. The SMILES string of the molecule is C#CC(OC(=O)C1C(C=C(Cl)C(F)(F)F)C1(C)C)C(F)=CCC. The number of ether oxygens (including phenoxy) is 1. The zero-order valence-electron chi connectivity index (χ0n) is 12.9. The topological polar surface area (TPSA) is 26.3 Å². The number of esters is 1. The molecule has 1 saturated carbocycles. The van der Waals surface area contributed by atoms with Gasteiger partial charge in [0, 0.05) is 0 Å². The van der Waals surface area contributed by atoms with E-state index in [1.165, 1.54) is 6.08 Å². The van der Waals surface area contributed by atoms with Gasteiger partial charge in [-0.05, 0) is 23.8 Å². The van der Waals surface area contributed by atoms with Gasteiger partial charge < -0.3 is 4.74 Å². The highest BCUT2D eigenvalue weighted by Crippen LogP contribution is 2.60. The monoisotopic (exact) mass is 352 g/mol. The highest BCUT2D eigenvalue weighted by atomic mass is 35.5. The molecular formula is C16H17ClF4O2. The summed E-state index contributed by atoms with van der Waals surface area (Å²) in [5, 5.41) is -1.29. The molecule has 0 radical (unpaired) electrons. The summed E-state index contributed by atoms with van der Waals surface area (Å²) in [6, 6.07) is 0. The van der Waals surface area contributed by atoms with Gasteiger partial charge in [0.25, 0.3) is 0 Å². The van der Waals surface area contributed by atoms with Crippen molar-refractivity contribution in [3.63, 3.8) is 0 Å². The van der Waals surface area contributed by atoms with Crippen LogP contribution in [0.25, 0.3) is 0 Å². The Morgan fingerprint density at radius 1 is 1.48 bits per heavy atom. The van der Waals surface area contributed by atoms with Crippen molar-refractivity contribution >= 4 is 17.6 Å². The first-order valence-corrected chi connectivity index (χ1v) is 7.31. The van der Waals surface area contributed by atoms with Crippen LogP contribution in [0.3, 0.4) is 0 Å². The number of alkyl halides is 3. The number of carbonyl (C=O) groups excluding carboxylic acids is 1. The number of carbonyl (C=O) groups is 1. The summed E-state index contributed by atoms with van der Waals surface area (Å²) in [5.41, 5.74) is -0.771. The highest BCUT2D eigenvalue weighted by Gasteiger charge is 2.62. The fraction of sp³-hybridized carbons (Fsp3) is 0.562. The number of rotatable bonds is 5. The third-order valence-corrected chi connectivity index (χ3v) is 4.14. The molecule has 3 atom stereocenters. The Bertz CT molecular complexity index is 570. The van der Waals surface area contributed by atoms with Crippen LogP contribution in [0.2, 0.25) is 0 Å². The predicted molar refractivity (Wildman–Crippen MR) is 78.9 cm³/mol. The number of halogens is 5. The summed E-state index contributed by atoms with van der Waals surface area (Å²) in [6.07, 6.45) is 1.30. The van der Waals surface area contributed by atoms with Gasteiger partial charge in [0.15, 0.2) is 0 Å². The minimum absolute atomic E-state index is 0.364. The average Bonchev–Trinajstić information content (AvgIpc) is 2.96. The molecule has 0 aromatic carbocycles. The molecule has 0 aromatic rings. The van der Waals surface area contributed by atoms with E-state index >= 15 is 0 Å². The van der Waals surface area contributed by atoms with E-state index in [0.717, 1.165) is 6.08 Å². The van der Waals surface area contributed by atoms with Gasteiger partial charge in [-0.15, -0.1) is 6.42 Å². The van der Waals surface area contributed by atoms with Gasteiger partial charge in [-0.2, -0.15) is 13.2 Å². The lowest BCUT2D eigenvalue weighted by atomic mass is 10.1. The maximum Gasteiger partial charge on any atom is 0.426 e. The van der Waals surface area contributed by atoms with Crippen LogP contribution in [0, 0.1) is 29.6 Å². The summed E-state index contributed by atoms with van der Waals surface area (Å²) in [6.45, 7) is 4.88. The van der Waals surface area contributed by atoms with Crippen LogP contribution in [0.15, 0.2) is 23.0 Å². The summed E-state index contributed by atoms with van der Waals surface area (Å²) in [5.74, 6) is -1.23. The quantitative estimate of drug-likeness (QED) is 0.405. The van der Waals surface area contributed by atoms with Gasteiger partial charge in [0.2, 0.25) is 6.10 Å². The van der Waals surface area contributed by atoms with Crippen molar-refractivity contribution < 1.29 is 27.1 Å². The van der Waals surface area contributed by atoms with E-state index < -0.39 is 46.4 Å². The summed E-state index contributed by atoms with van der Waals surface area (Å²) >= 11 is 5.20. The van der Waals surface area contributed by atoms with Gasteiger partial charge in [-0.25, -0.2) is 4.39 Å². The van der Waals surface area contributed by atoms with E-state index in [4.69, 9.17) is 22.8 Å². The van der Waals surface area contributed by atoms with E-state index in [1.807, 2.05) is 5.92 Å². The molecule has 0 saturated heterocycles. The summed E-state index contributed by atoms with van der Waals surface area (Å²) in [4.78, 5) is 12.1. The van der Waals surface area contributed by atoms with Crippen LogP contribution in [0.1, 0.15) is 27.2 Å². The van der Waals surface area contributed by atoms with Crippen molar-refractivity contribution in [2.75, 3.05) is 0 Å². The Morgan fingerprint density at radius 3 is 2.48 bits per heavy atom. The van der Waals surface area contributed by atoms with Crippen molar-refractivity contribution in [1.82, 2.24) is 0 Å². The molecule has 0 bridgehead atoms. The Balaban J connectivity index is 2.86. The highest BCUT2D eigenvalue weighted by molar-refractivity contribution is 6.30. The number of allylic oxidation sites excluding steroid dienone is 3. The third-order valence-electron chi connectivity index (χ3n) is 3.80. The fourth-order valence-electron chi connectivity index (χ4n) is 2.35. The minimum Gasteiger partial charge on any atom is -0.441 e.